The van der Waals surface area contributed by atoms with Gasteiger partial charge in [-0.3, -0.25) is 19.1 Å². The highest BCUT2D eigenvalue weighted by atomic mass is 32.2. The van der Waals surface area contributed by atoms with Crippen LogP contribution in [0, 0.1) is 17.0 Å². The third-order valence-electron chi connectivity index (χ3n) is 4.10. The van der Waals surface area contributed by atoms with Crippen molar-refractivity contribution in [1.29, 1.82) is 0 Å². The molecule has 0 bridgehead atoms. The average molecular weight is 419 g/mol. The van der Waals surface area contributed by atoms with Crippen LogP contribution in [0.1, 0.15) is 11.1 Å². The Bertz CT molecular complexity index is 1060. The molecule has 0 fully saturated rings. The molecular weight excluding hydrogens is 402 g/mol. The number of nitro benzene ring substituents is 1. The van der Waals surface area contributed by atoms with E-state index in [1.165, 1.54) is 30.3 Å². The maximum Gasteiger partial charge on any atom is 0.297 e. The fraction of sp³-hybridized carbons (Fsp3) is 0.211. The molecule has 29 heavy (non-hydrogen) atoms. The van der Waals surface area contributed by atoms with Gasteiger partial charge < -0.3 is 9.47 Å². The molecule has 1 unspecified atom stereocenters. The van der Waals surface area contributed by atoms with Crippen molar-refractivity contribution in [2.45, 2.75) is 17.9 Å². The first kappa shape index (κ1) is 20.5. The summed E-state index contributed by atoms with van der Waals surface area (Å²) in [6.45, 7) is 1.47. The summed E-state index contributed by atoms with van der Waals surface area (Å²) in [5.41, 5.74) is 0.673. The third-order valence-corrected chi connectivity index (χ3v) is 5.40. The van der Waals surface area contributed by atoms with E-state index in [1.807, 2.05) is 6.92 Å². The minimum absolute atomic E-state index is 0.00507. The number of benzene rings is 2. The number of rotatable bonds is 7. The molecular formula is C19H17NO8S. The molecule has 0 saturated heterocycles. The van der Waals surface area contributed by atoms with Gasteiger partial charge in [-0.05, 0) is 37.3 Å². The monoisotopic (exact) mass is 419 g/mol. The Hall–Kier alpha value is -3.24. The number of allylic oxidation sites excluding steroid dienone is 1. The van der Waals surface area contributed by atoms with Crippen molar-refractivity contribution < 1.29 is 31.8 Å². The number of aldehydes is 1. The van der Waals surface area contributed by atoms with Gasteiger partial charge in [-0.1, -0.05) is 17.7 Å². The summed E-state index contributed by atoms with van der Waals surface area (Å²) in [5, 5.41) is 11.3. The number of aryl methyl sites for hydroxylation is 1. The maximum absolute atomic E-state index is 12.3. The number of ether oxygens (including phenoxy) is 2. The SMILES string of the molecule is Cc1ccc(S(=O)(=O)OCC2COc3ccc([N+](=O)[O-])c(/C=C/C=O)c3O2)cc1. The zero-order valence-corrected chi connectivity index (χ0v) is 16.1. The van der Waals surface area contributed by atoms with Crippen molar-refractivity contribution in [1.82, 2.24) is 0 Å². The van der Waals surface area contributed by atoms with E-state index in [-0.39, 0.29) is 40.9 Å². The molecule has 2 aromatic rings. The van der Waals surface area contributed by atoms with Crippen LogP contribution in [-0.2, 0) is 19.1 Å². The second-order valence-corrected chi connectivity index (χ2v) is 7.80. The summed E-state index contributed by atoms with van der Waals surface area (Å²) < 4.78 is 41.0. The van der Waals surface area contributed by atoms with Crippen molar-refractivity contribution >= 4 is 28.2 Å². The summed E-state index contributed by atoms with van der Waals surface area (Å²) >= 11 is 0. The van der Waals surface area contributed by atoms with Gasteiger partial charge in [-0.15, -0.1) is 0 Å². The van der Waals surface area contributed by atoms with E-state index in [2.05, 4.69) is 0 Å². The molecule has 0 amide bonds. The molecule has 152 valence electrons. The molecule has 3 rings (SSSR count). The number of nitro groups is 1. The fourth-order valence-corrected chi connectivity index (χ4v) is 3.60. The van der Waals surface area contributed by atoms with Gasteiger partial charge in [0.25, 0.3) is 15.8 Å². The van der Waals surface area contributed by atoms with Crippen LogP contribution in [-0.4, -0.2) is 38.9 Å². The minimum Gasteiger partial charge on any atom is -0.486 e. The number of fused-ring (bicyclic) bond motifs is 1. The van der Waals surface area contributed by atoms with Crippen LogP contribution in [0.2, 0.25) is 0 Å². The molecule has 0 N–H and O–H groups in total. The van der Waals surface area contributed by atoms with Crippen molar-refractivity contribution in [3.63, 3.8) is 0 Å². The maximum atomic E-state index is 12.3. The molecule has 0 spiro atoms. The molecule has 1 atom stereocenters. The molecule has 0 aromatic heterocycles. The van der Waals surface area contributed by atoms with E-state index >= 15 is 0 Å². The summed E-state index contributed by atoms with van der Waals surface area (Å²) in [5.74, 6) is 0.295. The van der Waals surface area contributed by atoms with E-state index in [0.29, 0.717) is 6.29 Å². The lowest BCUT2D eigenvalue weighted by molar-refractivity contribution is -0.385. The standard InChI is InChI=1S/C19H17NO8S/c1-13-4-6-15(7-5-13)29(24,25)27-12-14-11-26-18-9-8-17(20(22)23)16(3-2-10-21)19(18)28-14/h2-10,14H,11-12H2,1H3/b3-2+. The molecule has 0 saturated carbocycles. The number of carbonyl (C=O) groups is 1. The normalized spacial score (nSPS) is 16.0. The number of hydrogen-bond acceptors (Lipinski definition) is 8. The van der Waals surface area contributed by atoms with Gasteiger partial charge in [0.1, 0.15) is 19.5 Å². The van der Waals surface area contributed by atoms with Crippen molar-refractivity contribution in [2.24, 2.45) is 0 Å². The van der Waals surface area contributed by atoms with E-state index in [1.54, 1.807) is 12.1 Å². The van der Waals surface area contributed by atoms with Crippen molar-refractivity contribution in [3.05, 3.63) is 63.7 Å². The Morgan fingerprint density at radius 1 is 1.24 bits per heavy atom. The van der Waals surface area contributed by atoms with Crippen LogP contribution < -0.4 is 9.47 Å². The van der Waals surface area contributed by atoms with E-state index in [0.717, 1.165) is 11.6 Å². The molecule has 1 heterocycles. The molecule has 0 radical (unpaired) electrons. The lowest BCUT2D eigenvalue weighted by atomic mass is 10.1. The molecule has 2 aromatic carbocycles. The first-order valence-electron chi connectivity index (χ1n) is 8.50. The van der Waals surface area contributed by atoms with Crippen LogP contribution in [0.15, 0.2) is 47.4 Å². The summed E-state index contributed by atoms with van der Waals surface area (Å²) in [7, 11) is -4.00. The van der Waals surface area contributed by atoms with Gasteiger partial charge in [0, 0.05) is 6.07 Å². The lowest BCUT2D eigenvalue weighted by Gasteiger charge is -2.27. The second-order valence-electron chi connectivity index (χ2n) is 6.18. The number of hydrogen-bond donors (Lipinski definition) is 0. The van der Waals surface area contributed by atoms with Gasteiger partial charge in [-0.25, -0.2) is 0 Å². The highest BCUT2D eigenvalue weighted by Gasteiger charge is 2.29. The molecule has 1 aliphatic rings. The Balaban J connectivity index is 1.80. The fourth-order valence-electron chi connectivity index (χ4n) is 2.66. The molecule has 9 nitrogen and oxygen atoms in total. The average Bonchev–Trinajstić information content (AvgIpc) is 2.70. The number of carbonyl (C=O) groups excluding carboxylic acids is 1. The predicted octanol–water partition coefficient (Wildman–Crippen LogP) is 2.66. The first-order valence-corrected chi connectivity index (χ1v) is 9.91. The van der Waals surface area contributed by atoms with Crippen LogP contribution in [0.3, 0.4) is 0 Å². The Morgan fingerprint density at radius 2 is 1.97 bits per heavy atom. The van der Waals surface area contributed by atoms with Crippen LogP contribution >= 0.6 is 0 Å². The van der Waals surface area contributed by atoms with E-state index in [4.69, 9.17) is 13.7 Å². The Morgan fingerprint density at radius 3 is 2.62 bits per heavy atom. The predicted molar refractivity (Wildman–Crippen MR) is 102 cm³/mol. The highest BCUT2D eigenvalue weighted by Crippen LogP contribution is 2.41. The summed E-state index contributed by atoms with van der Waals surface area (Å²) in [6, 6.07) is 8.79. The molecule has 0 aliphatic carbocycles. The van der Waals surface area contributed by atoms with Crippen LogP contribution in [0.5, 0.6) is 11.5 Å². The molecule has 10 heteroatoms. The van der Waals surface area contributed by atoms with Gasteiger partial charge >= 0.3 is 0 Å². The number of nitrogens with zero attached hydrogens (tertiary/aromatic N) is 1. The van der Waals surface area contributed by atoms with Gasteiger partial charge in [0.15, 0.2) is 17.6 Å². The van der Waals surface area contributed by atoms with Gasteiger partial charge in [0.05, 0.1) is 15.4 Å². The topological polar surface area (TPSA) is 122 Å². The Labute approximate surface area is 166 Å². The minimum atomic E-state index is -4.00. The summed E-state index contributed by atoms with van der Waals surface area (Å²) in [6.07, 6.45) is 1.97. The third kappa shape index (κ3) is 4.61. The van der Waals surface area contributed by atoms with Crippen LogP contribution in [0.25, 0.3) is 6.08 Å². The van der Waals surface area contributed by atoms with Crippen molar-refractivity contribution in [3.8, 4) is 11.5 Å². The quantitative estimate of drug-likeness (QED) is 0.221. The van der Waals surface area contributed by atoms with Gasteiger partial charge in [-0.2, -0.15) is 8.42 Å². The van der Waals surface area contributed by atoms with E-state index in [9.17, 15) is 23.3 Å². The molecule has 1 aliphatic heterocycles. The first-order chi connectivity index (χ1) is 13.8. The summed E-state index contributed by atoms with van der Waals surface area (Å²) in [4.78, 5) is 21.3. The zero-order chi connectivity index (χ0) is 21.0. The van der Waals surface area contributed by atoms with Crippen LogP contribution in [0.4, 0.5) is 5.69 Å². The smallest absolute Gasteiger partial charge is 0.297 e. The Kier molecular flexibility index (Phi) is 5.95. The highest BCUT2D eigenvalue weighted by molar-refractivity contribution is 7.86. The largest absolute Gasteiger partial charge is 0.486 e. The van der Waals surface area contributed by atoms with Crippen molar-refractivity contribution in [2.75, 3.05) is 13.2 Å². The lowest BCUT2D eigenvalue weighted by Crippen LogP contribution is -2.34. The van der Waals surface area contributed by atoms with E-state index < -0.39 is 21.1 Å². The second kappa shape index (κ2) is 8.41. The zero-order valence-electron chi connectivity index (χ0n) is 15.3. The van der Waals surface area contributed by atoms with Gasteiger partial charge in [0.2, 0.25) is 0 Å².